The Hall–Kier alpha value is -0.340. The molecule has 0 saturated carbocycles. The number of benzene rings is 2. The van der Waals surface area contributed by atoms with Crippen LogP contribution in [0, 0.1) is 0 Å². The molecule has 0 heterocycles. The second kappa shape index (κ2) is 4.15. The molecule has 0 saturated heterocycles. The van der Waals surface area contributed by atoms with Crippen LogP contribution in [0.3, 0.4) is 0 Å². The normalized spacial score (nSPS) is 12.1. The fourth-order valence-electron chi connectivity index (χ4n) is 1.97. The van der Waals surface area contributed by atoms with E-state index < -0.39 is 0 Å². The largest absolute Gasteiger partial charge is 0.0605 e. The zero-order chi connectivity index (χ0) is 11.9. The summed E-state index contributed by atoms with van der Waals surface area (Å²) in [5, 5.41) is 2.58. The van der Waals surface area contributed by atoms with E-state index in [2.05, 4.69) is 83.0 Å². The minimum absolute atomic E-state index is 0.166. The molecule has 0 bridgehead atoms. The van der Waals surface area contributed by atoms with E-state index in [0.29, 0.717) is 0 Å². The molecule has 2 rings (SSSR count). The average Bonchev–Trinajstić information content (AvgIpc) is 2.16. The average molecular weight is 342 g/mol. The molecule has 0 unspecified atom stereocenters. The summed E-state index contributed by atoms with van der Waals surface area (Å²) in [5.41, 5.74) is 1.55. The van der Waals surface area contributed by atoms with Crippen molar-refractivity contribution >= 4 is 42.6 Å². The maximum atomic E-state index is 3.62. The van der Waals surface area contributed by atoms with Crippen molar-refractivity contribution in [2.24, 2.45) is 0 Å². The molecule has 0 aliphatic carbocycles. The van der Waals surface area contributed by atoms with E-state index in [0.717, 1.165) is 8.95 Å². The van der Waals surface area contributed by atoms with Crippen LogP contribution in [0.1, 0.15) is 26.3 Å². The van der Waals surface area contributed by atoms with E-state index in [1.165, 1.54) is 16.3 Å². The first-order valence-electron chi connectivity index (χ1n) is 5.28. The number of fused-ring (bicyclic) bond motifs is 1. The third kappa shape index (κ3) is 2.05. The Kier molecular flexibility index (Phi) is 3.15. The van der Waals surface area contributed by atoms with Gasteiger partial charge in [-0.15, -0.1) is 0 Å². The van der Waals surface area contributed by atoms with Crippen LogP contribution in [0.25, 0.3) is 10.8 Å². The predicted molar refractivity (Wildman–Crippen MR) is 78.0 cm³/mol. The van der Waals surface area contributed by atoms with Crippen LogP contribution in [0.15, 0.2) is 39.3 Å². The number of halogens is 2. The van der Waals surface area contributed by atoms with Crippen molar-refractivity contribution in [1.29, 1.82) is 0 Å². The van der Waals surface area contributed by atoms with Crippen molar-refractivity contribution in [3.8, 4) is 0 Å². The van der Waals surface area contributed by atoms with Crippen LogP contribution in [-0.4, -0.2) is 0 Å². The Morgan fingerprint density at radius 1 is 0.875 bits per heavy atom. The SMILES string of the molecule is CC(C)(C)c1ccc(Br)c2c(Br)cccc12. The van der Waals surface area contributed by atoms with Crippen molar-refractivity contribution in [2.45, 2.75) is 26.2 Å². The van der Waals surface area contributed by atoms with Crippen LogP contribution in [0.5, 0.6) is 0 Å². The summed E-state index contributed by atoms with van der Waals surface area (Å²) in [4.78, 5) is 0. The quantitative estimate of drug-likeness (QED) is 0.579. The van der Waals surface area contributed by atoms with Crippen molar-refractivity contribution in [1.82, 2.24) is 0 Å². The van der Waals surface area contributed by atoms with Crippen molar-refractivity contribution in [2.75, 3.05) is 0 Å². The monoisotopic (exact) mass is 340 g/mol. The molecule has 2 heteroatoms. The van der Waals surface area contributed by atoms with Gasteiger partial charge in [-0.05, 0) is 28.5 Å². The summed E-state index contributed by atoms with van der Waals surface area (Å²) < 4.78 is 2.28. The Labute approximate surface area is 113 Å². The lowest BCUT2D eigenvalue weighted by Gasteiger charge is -2.22. The lowest BCUT2D eigenvalue weighted by atomic mass is 9.84. The van der Waals surface area contributed by atoms with Gasteiger partial charge in [-0.3, -0.25) is 0 Å². The Morgan fingerprint density at radius 2 is 1.50 bits per heavy atom. The number of hydrogen-bond acceptors (Lipinski definition) is 0. The highest BCUT2D eigenvalue weighted by Crippen LogP contribution is 2.37. The fourth-order valence-corrected chi connectivity index (χ4v) is 3.38. The molecule has 0 radical (unpaired) electrons. The van der Waals surface area contributed by atoms with E-state index in [4.69, 9.17) is 0 Å². The summed E-state index contributed by atoms with van der Waals surface area (Å²) >= 11 is 7.24. The van der Waals surface area contributed by atoms with Crippen molar-refractivity contribution in [3.05, 3.63) is 44.8 Å². The van der Waals surface area contributed by atoms with Gasteiger partial charge in [-0.25, -0.2) is 0 Å². The van der Waals surface area contributed by atoms with Crippen molar-refractivity contribution < 1.29 is 0 Å². The highest BCUT2D eigenvalue weighted by Gasteiger charge is 2.18. The Morgan fingerprint density at radius 3 is 2.12 bits per heavy atom. The smallest absolute Gasteiger partial charge is 0.0265 e. The first kappa shape index (κ1) is 12.1. The van der Waals surface area contributed by atoms with Gasteiger partial charge in [-0.2, -0.15) is 0 Å². The Bertz CT molecular complexity index is 528. The van der Waals surface area contributed by atoms with Gasteiger partial charge in [0.2, 0.25) is 0 Å². The zero-order valence-corrected chi connectivity index (χ0v) is 12.8. The molecule has 84 valence electrons. The molecule has 0 amide bonds. The second-order valence-corrected chi connectivity index (χ2v) is 6.72. The van der Waals surface area contributed by atoms with Gasteiger partial charge in [0.1, 0.15) is 0 Å². The fraction of sp³-hybridized carbons (Fsp3) is 0.286. The van der Waals surface area contributed by atoms with E-state index in [9.17, 15) is 0 Å². The van der Waals surface area contributed by atoms with Gasteiger partial charge >= 0.3 is 0 Å². The topological polar surface area (TPSA) is 0 Å². The Balaban J connectivity index is 2.90. The summed E-state index contributed by atoms with van der Waals surface area (Å²) in [6.07, 6.45) is 0. The number of hydrogen-bond donors (Lipinski definition) is 0. The van der Waals surface area contributed by atoms with Gasteiger partial charge in [0.05, 0.1) is 0 Å². The third-order valence-corrected chi connectivity index (χ3v) is 4.07. The summed E-state index contributed by atoms with van der Waals surface area (Å²) in [5.74, 6) is 0. The first-order chi connectivity index (χ1) is 7.41. The molecule has 0 aliphatic rings. The summed E-state index contributed by atoms with van der Waals surface area (Å²) in [7, 11) is 0. The molecule has 0 spiro atoms. The summed E-state index contributed by atoms with van der Waals surface area (Å²) in [6.45, 7) is 6.74. The van der Waals surface area contributed by atoms with E-state index >= 15 is 0 Å². The molecule has 0 atom stereocenters. The summed E-state index contributed by atoms with van der Waals surface area (Å²) in [6, 6.07) is 10.7. The van der Waals surface area contributed by atoms with Gasteiger partial charge in [0.15, 0.2) is 0 Å². The highest BCUT2D eigenvalue weighted by molar-refractivity contribution is 9.11. The minimum atomic E-state index is 0.166. The lowest BCUT2D eigenvalue weighted by molar-refractivity contribution is 0.596. The van der Waals surface area contributed by atoms with Gasteiger partial charge in [0, 0.05) is 14.3 Å². The van der Waals surface area contributed by atoms with Crippen molar-refractivity contribution in [3.63, 3.8) is 0 Å². The van der Waals surface area contributed by atoms with Crippen LogP contribution in [0.4, 0.5) is 0 Å². The molecule has 2 aromatic carbocycles. The first-order valence-corrected chi connectivity index (χ1v) is 6.87. The molecule has 0 aromatic heterocycles. The molecular weight excluding hydrogens is 328 g/mol. The maximum Gasteiger partial charge on any atom is 0.0265 e. The van der Waals surface area contributed by atoms with E-state index in [-0.39, 0.29) is 5.41 Å². The highest BCUT2D eigenvalue weighted by atomic mass is 79.9. The standard InChI is InChI=1S/C14H14Br2/c1-14(2,3)10-7-8-12(16)13-9(10)5-4-6-11(13)15/h4-8H,1-3H3. The molecule has 2 aromatic rings. The third-order valence-electron chi connectivity index (χ3n) is 2.75. The zero-order valence-electron chi connectivity index (χ0n) is 9.64. The van der Waals surface area contributed by atoms with Gasteiger partial charge < -0.3 is 0 Å². The van der Waals surface area contributed by atoms with Crippen LogP contribution < -0.4 is 0 Å². The second-order valence-electron chi connectivity index (χ2n) is 5.01. The van der Waals surface area contributed by atoms with Gasteiger partial charge in [0.25, 0.3) is 0 Å². The van der Waals surface area contributed by atoms with E-state index in [1.807, 2.05) is 0 Å². The van der Waals surface area contributed by atoms with Crippen LogP contribution >= 0.6 is 31.9 Å². The molecule has 0 nitrogen and oxygen atoms in total. The van der Waals surface area contributed by atoms with E-state index in [1.54, 1.807) is 0 Å². The molecular formula is C14H14Br2. The molecule has 0 aliphatic heterocycles. The van der Waals surface area contributed by atoms with Gasteiger partial charge in [-0.1, -0.05) is 70.8 Å². The lowest BCUT2D eigenvalue weighted by Crippen LogP contribution is -2.11. The maximum absolute atomic E-state index is 3.62. The predicted octanol–water partition coefficient (Wildman–Crippen LogP) is 5.66. The molecule has 0 N–H and O–H groups in total. The van der Waals surface area contributed by atoms with Crippen LogP contribution in [-0.2, 0) is 5.41 Å². The number of rotatable bonds is 0. The minimum Gasteiger partial charge on any atom is -0.0605 e. The molecule has 0 fully saturated rings. The van der Waals surface area contributed by atoms with Crippen LogP contribution in [0.2, 0.25) is 0 Å². The molecule has 16 heavy (non-hydrogen) atoms.